The first-order chi connectivity index (χ1) is 11.2. The van der Waals surface area contributed by atoms with Crippen LogP contribution in [0.3, 0.4) is 0 Å². The maximum atomic E-state index is 11.1. The fraction of sp³-hybridized carbons (Fsp3) is 0.650. The fourth-order valence-corrected chi connectivity index (χ4v) is 2.76. The van der Waals surface area contributed by atoms with E-state index in [1.165, 1.54) is 70.3 Å². The van der Waals surface area contributed by atoms with E-state index in [0.717, 1.165) is 12.2 Å². The first-order valence-corrected chi connectivity index (χ1v) is 9.02. The molecule has 0 saturated carbocycles. The van der Waals surface area contributed by atoms with Gasteiger partial charge in [-0.3, -0.25) is 4.79 Å². The molecule has 0 amide bonds. The van der Waals surface area contributed by atoms with Crippen LogP contribution >= 0.6 is 0 Å². The van der Waals surface area contributed by atoms with Gasteiger partial charge in [0, 0.05) is 13.0 Å². The van der Waals surface area contributed by atoms with Crippen molar-refractivity contribution in [3.8, 4) is 11.5 Å². The van der Waals surface area contributed by atoms with E-state index >= 15 is 0 Å². The van der Waals surface area contributed by atoms with Gasteiger partial charge < -0.3 is 9.47 Å². The van der Waals surface area contributed by atoms with Crippen LogP contribution in [0.5, 0.6) is 11.5 Å². The number of aryl methyl sites for hydroxylation is 1. The summed E-state index contributed by atoms with van der Waals surface area (Å²) in [6.45, 7) is 3.67. The summed E-state index contributed by atoms with van der Waals surface area (Å²) in [7, 11) is 1.63. The third kappa shape index (κ3) is 9.27. The molecule has 3 heteroatoms. The van der Waals surface area contributed by atoms with Gasteiger partial charge >= 0.3 is 5.97 Å². The molecule has 0 spiro atoms. The lowest BCUT2D eigenvalue weighted by atomic mass is 10.0. The van der Waals surface area contributed by atoms with Gasteiger partial charge in [0.15, 0.2) is 0 Å². The molecule has 1 aromatic rings. The highest BCUT2D eigenvalue weighted by Gasteiger charge is 2.05. The quantitative estimate of drug-likeness (QED) is 0.282. The Morgan fingerprint density at radius 3 is 2.00 bits per heavy atom. The van der Waals surface area contributed by atoms with Crippen molar-refractivity contribution in [3.05, 3.63) is 23.8 Å². The lowest BCUT2D eigenvalue weighted by molar-refractivity contribution is -0.131. The zero-order chi connectivity index (χ0) is 16.9. The van der Waals surface area contributed by atoms with Gasteiger partial charge in [-0.2, -0.15) is 0 Å². The molecule has 0 saturated heterocycles. The number of unbranched alkanes of at least 4 members (excludes halogenated alkanes) is 8. The average Bonchev–Trinajstić information content (AvgIpc) is 2.52. The topological polar surface area (TPSA) is 35.5 Å². The molecule has 0 atom stereocenters. The zero-order valence-corrected chi connectivity index (χ0v) is 15.0. The monoisotopic (exact) mass is 320 g/mol. The first kappa shape index (κ1) is 19.5. The molecule has 130 valence electrons. The Balaban J connectivity index is 2.27. The Kier molecular flexibility index (Phi) is 10.2. The van der Waals surface area contributed by atoms with Gasteiger partial charge in [0.2, 0.25) is 0 Å². The highest BCUT2D eigenvalue weighted by molar-refractivity contribution is 5.69. The van der Waals surface area contributed by atoms with Crippen LogP contribution in [0.1, 0.15) is 77.2 Å². The molecular weight excluding hydrogens is 288 g/mol. The van der Waals surface area contributed by atoms with Crippen molar-refractivity contribution in [1.82, 2.24) is 0 Å². The minimum absolute atomic E-state index is 0.299. The Morgan fingerprint density at radius 2 is 1.43 bits per heavy atom. The lowest BCUT2D eigenvalue weighted by Gasteiger charge is -2.09. The fourth-order valence-electron chi connectivity index (χ4n) is 2.76. The summed E-state index contributed by atoms with van der Waals surface area (Å²) in [6.07, 6.45) is 12.9. The van der Waals surface area contributed by atoms with Crippen molar-refractivity contribution in [2.45, 2.75) is 78.1 Å². The highest BCUT2D eigenvalue weighted by Crippen LogP contribution is 2.24. The van der Waals surface area contributed by atoms with Crippen LogP contribution in [0, 0.1) is 0 Å². The number of hydrogen-bond acceptors (Lipinski definition) is 3. The molecule has 1 aromatic carbocycles. The summed E-state index contributed by atoms with van der Waals surface area (Å²) in [5.74, 6) is 1.02. The average molecular weight is 320 g/mol. The Morgan fingerprint density at radius 1 is 0.870 bits per heavy atom. The molecule has 0 aliphatic rings. The Bertz CT molecular complexity index is 454. The SMILES string of the molecule is CCCCCCCCCCCc1cc(OC)cc(OC(C)=O)c1. The van der Waals surface area contributed by atoms with E-state index in [4.69, 9.17) is 9.47 Å². The Hall–Kier alpha value is -1.51. The van der Waals surface area contributed by atoms with Crippen LogP contribution in [0.2, 0.25) is 0 Å². The number of rotatable bonds is 12. The van der Waals surface area contributed by atoms with Gasteiger partial charge in [-0.25, -0.2) is 0 Å². The second kappa shape index (κ2) is 12.0. The Labute approximate surface area is 141 Å². The van der Waals surface area contributed by atoms with Crippen molar-refractivity contribution >= 4 is 5.97 Å². The zero-order valence-electron chi connectivity index (χ0n) is 15.0. The number of carbonyl (C=O) groups excluding carboxylic acids is 1. The van der Waals surface area contributed by atoms with Crippen molar-refractivity contribution in [3.63, 3.8) is 0 Å². The second-order valence-electron chi connectivity index (χ2n) is 6.19. The van der Waals surface area contributed by atoms with Crippen LogP contribution in [0.15, 0.2) is 18.2 Å². The molecule has 0 unspecified atom stereocenters. The van der Waals surface area contributed by atoms with E-state index in [0.29, 0.717) is 5.75 Å². The van der Waals surface area contributed by atoms with Crippen molar-refractivity contribution in [2.75, 3.05) is 7.11 Å². The predicted octanol–water partition coefficient (Wildman–Crippen LogP) is 5.69. The molecule has 0 radical (unpaired) electrons. The maximum Gasteiger partial charge on any atom is 0.308 e. The summed E-state index contributed by atoms with van der Waals surface area (Å²) < 4.78 is 10.4. The largest absolute Gasteiger partial charge is 0.497 e. The van der Waals surface area contributed by atoms with Crippen LogP contribution < -0.4 is 9.47 Å². The van der Waals surface area contributed by atoms with E-state index in [-0.39, 0.29) is 5.97 Å². The standard InChI is InChI=1S/C20H32O3/c1-4-5-6-7-8-9-10-11-12-13-18-14-19(22-3)16-20(15-18)23-17(2)21/h14-16H,4-13H2,1-3H3. The second-order valence-corrected chi connectivity index (χ2v) is 6.19. The molecule has 0 N–H and O–H groups in total. The number of carbonyl (C=O) groups is 1. The molecule has 0 aliphatic carbocycles. The van der Waals surface area contributed by atoms with Crippen molar-refractivity contribution < 1.29 is 14.3 Å². The molecule has 0 bridgehead atoms. The molecule has 23 heavy (non-hydrogen) atoms. The van der Waals surface area contributed by atoms with Gasteiger partial charge in [-0.15, -0.1) is 0 Å². The van der Waals surface area contributed by atoms with Crippen molar-refractivity contribution in [2.24, 2.45) is 0 Å². The molecule has 0 aliphatic heterocycles. The van der Waals surface area contributed by atoms with Gasteiger partial charge in [0.25, 0.3) is 0 Å². The predicted molar refractivity (Wildman–Crippen MR) is 95.2 cm³/mol. The third-order valence-corrected chi connectivity index (χ3v) is 4.01. The van der Waals surface area contributed by atoms with Gasteiger partial charge in [0.1, 0.15) is 11.5 Å². The van der Waals surface area contributed by atoms with E-state index in [1.54, 1.807) is 13.2 Å². The smallest absolute Gasteiger partial charge is 0.308 e. The minimum Gasteiger partial charge on any atom is -0.497 e. The van der Waals surface area contributed by atoms with E-state index < -0.39 is 0 Å². The third-order valence-electron chi connectivity index (χ3n) is 4.01. The highest BCUT2D eigenvalue weighted by atomic mass is 16.5. The van der Waals surface area contributed by atoms with Crippen LogP contribution in [-0.4, -0.2) is 13.1 Å². The summed E-state index contributed by atoms with van der Waals surface area (Å²) in [5.41, 5.74) is 1.17. The van der Waals surface area contributed by atoms with E-state index in [9.17, 15) is 4.79 Å². The van der Waals surface area contributed by atoms with Gasteiger partial charge in [-0.1, -0.05) is 58.3 Å². The van der Waals surface area contributed by atoms with Gasteiger partial charge in [0.05, 0.1) is 7.11 Å². The molecule has 3 nitrogen and oxygen atoms in total. The number of hydrogen-bond donors (Lipinski definition) is 0. The molecule has 0 fully saturated rings. The van der Waals surface area contributed by atoms with Crippen LogP contribution in [0.25, 0.3) is 0 Å². The number of methoxy groups -OCH3 is 1. The van der Waals surface area contributed by atoms with E-state index in [1.807, 2.05) is 12.1 Å². The summed E-state index contributed by atoms with van der Waals surface area (Å²) in [5, 5.41) is 0. The summed E-state index contributed by atoms with van der Waals surface area (Å²) >= 11 is 0. The lowest BCUT2D eigenvalue weighted by Crippen LogP contribution is -2.02. The molecule has 1 rings (SSSR count). The molecule has 0 aromatic heterocycles. The van der Waals surface area contributed by atoms with Crippen molar-refractivity contribution in [1.29, 1.82) is 0 Å². The summed E-state index contributed by atoms with van der Waals surface area (Å²) in [6, 6.07) is 5.72. The van der Waals surface area contributed by atoms with Crippen LogP contribution in [0.4, 0.5) is 0 Å². The molecular formula is C20H32O3. The first-order valence-electron chi connectivity index (χ1n) is 9.02. The number of esters is 1. The number of benzene rings is 1. The summed E-state index contributed by atoms with van der Waals surface area (Å²) in [4.78, 5) is 11.1. The van der Waals surface area contributed by atoms with E-state index in [2.05, 4.69) is 6.92 Å². The molecule has 0 heterocycles. The minimum atomic E-state index is -0.299. The normalized spacial score (nSPS) is 10.6. The maximum absolute atomic E-state index is 11.1. The van der Waals surface area contributed by atoms with Gasteiger partial charge in [-0.05, 0) is 30.5 Å². The number of ether oxygens (including phenoxy) is 2. The van der Waals surface area contributed by atoms with Crippen LogP contribution in [-0.2, 0) is 11.2 Å².